The maximum Gasteiger partial charge on any atom is 0.338 e. The van der Waals surface area contributed by atoms with Gasteiger partial charge in [0.1, 0.15) is 5.75 Å². The molecule has 0 bridgehead atoms. The van der Waals surface area contributed by atoms with Gasteiger partial charge in [-0.05, 0) is 36.4 Å². The lowest BCUT2D eigenvalue weighted by atomic mass is 10.2. The fraction of sp³-hybridized carbons (Fsp3) is 0.158. The van der Waals surface area contributed by atoms with Gasteiger partial charge in [0.25, 0.3) is 5.91 Å². The van der Waals surface area contributed by atoms with E-state index in [1.165, 1.54) is 31.4 Å². The molecule has 0 atom stereocenters. The first-order valence-corrected chi connectivity index (χ1v) is 9.48. The molecule has 0 heterocycles. The molecule has 0 aliphatic heterocycles. The summed E-state index contributed by atoms with van der Waals surface area (Å²) >= 11 is 0. The van der Waals surface area contributed by atoms with Crippen LogP contribution in [0.25, 0.3) is 0 Å². The van der Waals surface area contributed by atoms with Gasteiger partial charge in [-0.15, -0.1) is 6.42 Å². The maximum absolute atomic E-state index is 12.0. The molecular formula is C19H18N2O6S. The molecule has 9 heteroatoms. The number of carbonyl (C=O) groups excluding carboxylic acids is 2. The van der Waals surface area contributed by atoms with Crippen LogP contribution in [0.5, 0.6) is 5.75 Å². The Balaban J connectivity index is 1.92. The van der Waals surface area contributed by atoms with Crippen LogP contribution in [-0.4, -0.2) is 40.6 Å². The summed E-state index contributed by atoms with van der Waals surface area (Å²) in [6, 6.07) is 11.8. The van der Waals surface area contributed by atoms with Crippen LogP contribution in [0.3, 0.4) is 0 Å². The highest BCUT2D eigenvalue weighted by atomic mass is 32.2. The van der Waals surface area contributed by atoms with Crippen LogP contribution in [0.1, 0.15) is 10.4 Å². The second-order valence-corrected chi connectivity index (χ2v) is 7.18. The second kappa shape index (κ2) is 9.55. The highest BCUT2D eigenvalue weighted by Crippen LogP contribution is 2.16. The van der Waals surface area contributed by atoms with Crippen molar-refractivity contribution in [2.45, 2.75) is 4.90 Å². The number of esters is 1. The van der Waals surface area contributed by atoms with Gasteiger partial charge in [-0.2, -0.15) is 4.72 Å². The third-order valence-electron chi connectivity index (χ3n) is 3.45. The Bertz CT molecular complexity index is 994. The first-order chi connectivity index (χ1) is 13.4. The summed E-state index contributed by atoms with van der Waals surface area (Å²) < 4.78 is 36.0. The van der Waals surface area contributed by atoms with Crippen molar-refractivity contribution in [3.63, 3.8) is 0 Å². The van der Waals surface area contributed by atoms with Crippen LogP contribution < -0.4 is 14.8 Å². The van der Waals surface area contributed by atoms with Crippen molar-refractivity contribution in [3.8, 4) is 18.1 Å². The number of anilines is 1. The number of hydrogen-bond acceptors (Lipinski definition) is 6. The van der Waals surface area contributed by atoms with Gasteiger partial charge in [0.05, 0.1) is 24.1 Å². The minimum absolute atomic E-state index is 0.0462. The van der Waals surface area contributed by atoms with Gasteiger partial charge in [0.15, 0.2) is 6.61 Å². The van der Waals surface area contributed by atoms with E-state index in [9.17, 15) is 18.0 Å². The van der Waals surface area contributed by atoms with Gasteiger partial charge in [0.2, 0.25) is 10.0 Å². The Labute approximate surface area is 162 Å². The van der Waals surface area contributed by atoms with E-state index in [1.54, 1.807) is 24.3 Å². The summed E-state index contributed by atoms with van der Waals surface area (Å²) in [5.74, 6) is 1.44. The van der Waals surface area contributed by atoms with Gasteiger partial charge >= 0.3 is 5.97 Å². The SMILES string of the molecule is C#CCNS(=O)(=O)c1ccc(C(=O)OCC(=O)Nc2cccc(OC)c2)cc1. The largest absolute Gasteiger partial charge is 0.497 e. The molecular weight excluding hydrogens is 384 g/mol. The fourth-order valence-corrected chi connectivity index (χ4v) is 3.04. The lowest BCUT2D eigenvalue weighted by Crippen LogP contribution is -2.24. The Hall–Kier alpha value is -3.35. The third kappa shape index (κ3) is 5.84. The zero-order chi connectivity index (χ0) is 20.6. The number of carbonyl (C=O) groups is 2. The zero-order valence-electron chi connectivity index (χ0n) is 15.0. The number of rotatable bonds is 8. The van der Waals surface area contributed by atoms with E-state index in [1.807, 2.05) is 0 Å². The summed E-state index contributed by atoms with van der Waals surface area (Å²) in [5, 5.41) is 2.57. The summed E-state index contributed by atoms with van der Waals surface area (Å²) in [5.41, 5.74) is 0.597. The quantitative estimate of drug-likeness (QED) is 0.510. The highest BCUT2D eigenvalue weighted by Gasteiger charge is 2.15. The van der Waals surface area contributed by atoms with E-state index < -0.39 is 28.5 Å². The van der Waals surface area contributed by atoms with Crippen molar-refractivity contribution in [2.24, 2.45) is 0 Å². The molecule has 28 heavy (non-hydrogen) atoms. The molecule has 0 fully saturated rings. The summed E-state index contributed by atoms with van der Waals surface area (Å²) in [4.78, 5) is 23.9. The molecule has 0 spiro atoms. The molecule has 2 aromatic carbocycles. The molecule has 0 aromatic heterocycles. The summed E-state index contributed by atoms with van der Waals surface area (Å²) in [7, 11) is -2.25. The monoisotopic (exact) mass is 402 g/mol. The molecule has 0 saturated carbocycles. The van der Waals surface area contributed by atoms with Crippen LogP contribution in [0.15, 0.2) is 53.4 Å². The standard InChI is InChI=1S/C19H18N2O6S/c1-3-11-20-28(24,25)17-9-7-14(8-10-17)19(23)27-13-18(22)21-15-5-4-6-16(12-15)26-2/h1,4-10,12,20H,11,13H2,2H3,(H,21,22). The fourth-order valence-electron chi connectivity index (χ4n) is 2.10. The van der Waals surface area contributed by atoms with Crippen molar-refractivity contribution < 1.29 is 27.5 Å². The topological polar surface area (TPSA) is 111 Å². The van der Waals surface area contributed by atoms with Gasteiger partial charge in [-0.3, -0.25) is 4.79 Å². The number of hydrogen-bond donors (Lipinski definition) is 2. The number of ether oxygens (including phenoxy) is 2. The predicted octanol–water partition coefficient (Wildman–Crippen LogP) is 1.40. The number of nitrogens with one attached hydrogen (secondary N) is 2. The number of terminal acetylenes is 1. The van der Waals surface area contributed by atoms with Crippen LogP contribution in [0.4, 0.5) is 5.69 Å². The van der Waals surface area contributed by atoms with Crippen molar-refractivity contribution in [1.82, 2.24) is 4.72 Å². The second-order valence-electron chi connectivity index (χ2n) is 5.41. The van der Waals surface area contributed by atoms with Crippen molar-refractivity contribution in [1.29, 1.82) is 0 Å². The lowest BCUT2D eigenvalue weighted by Gasteiger charge is -2.08. The van der Waals surface area contributed by atoms with Crippen LogP contribution in [0, 0.1) is 12.3 Å². The molecule has 2 rings (SSSR count). The minimum Gasteiger partial charge on any atom is -0.497 e. The normalized spacial score (nSPS) is 10.6. The smallest absolute Gasteiger partial charge is 0.338 e. The molecule has 1 amide bonds. The average molecular weight is 402 g/mol. The molecule has 146 valence electrons. The average Bonchev–Trinajstić information content (AvgIpc) is 2.70. The molecule has 0 aliphatic carbocycles. The van der Waals surface area contributed by atoms with Crippen LogP contribution in [0.2, 0.25) is 0 Å². The predicted molar refractivity (Wildman–Crippen MR) is 102 cm³/mol. The Morgan fingerprint density at radius 3 is 2.50 bits per heavy atom. The van der Waals surface area contributed by atoms with E-state index in [0.29, 0.717) is 11.4 Å². The van der Waals surface area contributed by atoms with Gasteiger partial charge in [-0.1, -0.05) is 12.0 Å². The van der Waals surface area contributed by atoms with Crippen LogP contribution >= 0.6 is 0 Å². The van der Waals surface area contributed by atoms with E-state index in [4.69, 9.17) is 15.9 Å². The Morgan fingerprint density at radius 1 is 1.14 bits per heavy atom. The molecule has 0 aliphatic rings. The Morgan fingerprint density at radius 2 is 1.86 bits per heavy atom. The van der Waals surface area contributed by atoms with Crippen molar-refractivity contribution in [2.75, 3.05) is 25.6 Å². The molecule has 0 saturated heterocycles. The van der Waals surface area contributed by atoms with Crippen LogP contribution in [-0.2, 0) is 19.6 Å². The molecule has 0 unspecified atom stereocenters. The Kier molecular flexibility index (Phi) is 7.14. The molecule has 8 nitrogen and oxygen atoms in total. The number of sulfonamides is 1. The number of methoxy groups -OCH3 is 1. The zero-order valence-corrected chi connectivity index (χ0v) is 15.8. The van der Waals surface area contributed by atoms with E-state index in [2.05, 4.69) is 16.0 Å². The highest BCUT2D eigenvalue weighted by molar-refractivity contribution is 7.89. The molecule has 2 aromatic rings. The van der Waals surface area contributed by atoms with Crippen molar-refractivity contribution >= 4 is 27.6 Å². The lowest BCUT2D eigenvalue weighted by molar-refractivity contribution is -0.119. The van der Waals surface area contributed by atoms with E-state index >= 15 is 0 Å². The first kappa shape index (κ1) is 21.0. The van der Waals surface area contributed by atoms with Crippen molar-refractivity contribution in [3.05, 3.63) is 54.1 Å². The third-order valence-corrected chi connectivity index (χ3v) is 4.87. The van der Waals surface area contributed by atoms with E-state index in [-0.39, 0.29) is 17.0 Å². The number of benzene rings is 2. The van der Waals surface area contributed by atoms with E-state index in [0.717, 1.165) is 0 Å². The van der Waals surface area contributed by atoms with Gasteiger partial charge < -0.3 is 14.8 Å². The molecule has 2 N–H and O–H groups in total. The summed E-state index contributed by atoms with van der Waals surface area (Å²) in [6.07, 6.45) is 5.02. The summed E-state index contributed by atoms with van der Waals surface area (Å²) in [6.45, 7) is -0.644. The molecule has 0 radical (unpaired) electrons. The van der Waals surface area contributed by atoms with Gasteiger partial charge in [0, 0.05) is 11.8 Å². The number of amides is 1. The maximum atomic E-state index is 12.0. The first-order valence-electron chi connectivity index (χ1n) is 8.00. The minimum atomic E-state index is -3.75. The van der Waals surface area contributed by atoms with Gasteiger partial charge in [-0.25, -0.2) is 13.2 Å².